The molecular formula is C12H17N3O5S. The molecule has 8 nitrogen and oxygen atoms in total. The van der Waals surface area contributed by atoms with Crippen LogP contribution in [-0.2, 0) is 14.8 Å². The molecule has 0 aliphatic heterocycles. The number of rotatable bonds is 6. The van der Waals surface area contributed by atoms with E-state index in [-0.39, 0.29) is 16.6 Å². The van der Waals surface area contributed by atoms with E-state index in [1.807, 2.05) is 0 Å². The van der Waals surface area contributed by atoms with Gasteiger partial charge in [0, 0.05) is 19.3 Å². The number of sulfonamides is 1. The van der Waals surface area contributed by atoms with Crippen LogP contribution in [0.3, 0.4) is 0 Å². The Balaban J connectivity index is 2.30. The summed E-state index contributed by atoms with van der Waals surface area (Å²) < 4.78 is 28.1. The molecule has 1 unspecified atom stereocenters. The van der Waals surface area contributed by atoms with E-state index >= 15 is 0 Å². The summed E-state index contributed by atoms with van der Waals surface area (Å²) in [4.78, 5) is 22.4. The maximum atomic E-state index is 12.2. The summed E-state index contributed by atoms with van der Waals surface area (Å²) in [6.45, 7) is 1.41. The van der Waals surface area contributed by atoms with Crippen LogP contribution < -0.4 is 10.0 Å². The molecule has 1 saturated carbocycles. The smallest absolute Gasteiger partial charge is 0.352 e. The van der Waals surface area contributed by atoms with Crippen LogP contribution >= 0.6 is 0 Å². The monoisotopic (exact) mass is 315 g/mol. The molecule has 1 aromatic rings. The Kier molecular flexibility index (Phi) is 4.06. The van der Waals surface area contributed by atoms with Crippen molar-refractivity contribution in [1.82, 2.24) is 14.6 Å². The van der Waals surface area contributed by atoms with E-state index in [1.165, 1.54) is 24.7 Å². The van der Waals surface area contributed by atoms with Crippen LogP contribution in [0.4, 0.5) is 0 Å². The molecule has 116 valence electrons. The van der Waals surface area contributed by atoms with Gasteiger partial charge in [-0.25, -0.2) is 13.2 Å². The highest BCUT2D eigenvalue weighted by molar-refractivity contribution is 7.89. The highest BCUT2D eigenvalue weighted by Crippen LogP contribution is 2.37. The zero-order valence-corrected chi connectivity index (χ0v) is 12.5. The number of carbonyl (C=O) groups is 2. The van der Waals surface area contributed by atoms with Gasteiger partial charge in [0.2, 0.25) is 15.9 Å². The molecule has 9 heteroatoms. The summed E-state index contributed by atoms with van der Waals surface area (Å²) in [5, 5.41) is 11.5. The number of aromatic nitrogens is 1. The Morgan fingerprint density at radius 1 is 1.43 bits per heavy atom. The third-order valence-corrected chi connectivity index (χ3v) is 4.77. The molecule has 1 aromatic heterocycles. The summed E-state index contributed by atoms with van der Waals surface area (Å²) in [5.41, 5.74) is -0.0644. The van der Waals surface area contributed by atoms with Gasteiger partial charge in [0.05, 0.1) is 6.04 Å². The maximum Gasteiger partial charge on any atom is 0.352 e. The van der Waals surface area contributed by atoms with Gasteiger partial charge in [-0.2, -0.15) is 4.72 Å². The SMILES string of the molecule is CNC(=O)C(C)NS(=O)(=O)c1cc(C(=O)O)n(C2CC2)c1. The molecule has 1 aliphatic rings. The molecule has 1 fully saturated rings. The first kappa shape index (κ1) is 15.5. The Labute approximate surface area is 122 Å². The van der Waals surface area contributed by atoms with Crippen LogP contribution in [0, 0.1) is 0 Å². The van der Waals surface area contributed by atoms with Crippen molar-refractivity contribution in [3.8, 4) is 0 Å². The van der Waals surface area contributed by atoms with Gasteiger partial charge in [0.15, 0.2) is 0 Å². The van der Waals surface area contributed by atoms with Gasteiger partial charge in [0.25, 0.3) is 0 Å². The lowest BCUT2D eigenvalue weighted by Gasteiger charge is -2.11. The molecule has 2 rings (SSSR count). The highest BCUT2D eigenvalue weighted by Gasteiger charge is 2.31. The van der Waals surface area contributed by atoms with Crippen molar-refractivity contribution in [2.45, 2.75) is 36.7 Å². The minimum Gasteiger partial charge on any atom is -0.477 e. The van der Waals surface area contributed by atoms with Crippen molar-refractivity contribution in [2.24, 2.45) is 0 Å². The van der Waals surface area contributed by atoms with Crippen LogP contribution in [0.1, 0.15) is 36.3 Å². The molecular weight excluding hydrogens is 298 g/mol. The molecule has 1 aliphatic carbocycles. The van der Waals surface area contributed by atoms with E-state index in [4.69, 9.17) is 5.11 Å². The minimum atomic E-state index is -3.95. The second-order valence-electron chi connectivity index (χ2n) is 4.96. The fourth-order valence-corrected chi connectivity index (χ4v) is 3.23. The van der Waals surface area contributed by atoms with Gasteiger partial charge in [-0.3, -0.25) is 4.79 Å². The zero-order chi connectivity index (χ0) is 15.8. The average molecular weight is 315 g/mol. The van der Waals surface area contributed by atoms with Crippen molar-refractivity contribution in [1.29, 1.82) is 0 Å². The first-order valence-corrected chi connectivity index (χ1v) is 7.93. The number of aromatic carboxylic acids is 1. The lowest BCUT2D eigenvalue weighted by atomic mass is 10.3. The first-order chi connectivity index (χ1) is 9.76. The van der Waals surface area contributed by atoms with Crippen LogP contribution in [0.25, 0.3) is 0 Å². The summed E-state index contributed by atoms with van der Waals surface area (Å²) in [5.74, 6) is -1.65. The summed E-state index contributed by atoms with van der Waals surface area (Å²) in [6.07, 6.45) is 2.97. The van der Waals surface area contributed by atoms with Crippen molar-refractivity contribution in [3.63, 3.8) is 0 Å². The molecule has 3 N–H and O–H groups in total. The second kappa shape index (κ2) is 5.49. The average Bonchev–Trinajstić information content (AvgIpc) is 3.14. The van der Waals surface area contributed by atoms with Crippen LogP contribution in [0.2, 0.25) is 0 Å². The van der Waals surface area contributed by atoms with Crippen LogP contribution in [-0.4, -0.2) is 43.1 Å². The fourth-order valence-electron chi connectivity index (χ4n) is 2.00. The maximum absolute atomic E-state index is 12.2. The molecule has 0 aromatic carbocycles. The Morgan fingerprint density at radius 2 is 2.05 bits per heavy atom. The molecule has 1 heterocycles. The zero-order valence-electron chi connectivity index (χ0n) is 11.7. The normalized spacial score (nSPS) is 16.5. The number of carboxylic acids is 1. The predicted molar refractivity (Wildman–Crippen MR) is 73.5 cm³/mol. The van der Waals surface area contributed by atoms with E-state index in [2.05, 4.69) is 10.0 Å². The standard InChI is InChI=1S/C12H17N3O5S/c1-7(11(16)13-2)14-21(19,20)9-5-10(12(17)18)15(6-9)8-3-4-8/h5-8,14H,3-4H2,1-2H3,(H,13,16)(H,17,18). The number of nitrogens with zero attached hydrogens (tertiary/aromatic N) is 1. The van der Waals surface area contributed by atoms with Gasteiger partial charge < -0.3 is 15.0 Å². The Bertz CT molecular complexity index is 675. The summed E-state index contributed by atoms with van der Waals surface area (Å²) >= 11 is 0. The molecule has 1 amide bonds. The van der Waals surface area contributed by atoms with Crippen LogP contribution in [0.15, 0.2) is 17.2 Å². The van der Waals surface area contributed by atoms with E-state index in [9.17, 15) is 18.0 Å². The molecule has 21 heavy (non-hydrogen) atoms. The lowest BCUT2D eigenvalue weighted by Crippen LogP contribution is -2.43. The molecule has 0 radical (unpaired) electrons. The number of hydrogen-bond acceptors (Lipinski definition) is 4. The third kappa shape index (κ3) is 3.24. The largest absolute Gasteiger partial charge is 0.477 e. The number of amides is 1. The minimum absolute atomic E-state index is 0.0383. The van der Waals surface area contributed by atoms with Crippen molar-refractivity contribution >= 4 is 21.9 Å². The summed E-state index contributed by atoms with van der Waals surface area (Å²) in [6, 6.07) is 0.202. The quantitative estimate of drug-likeness (QED) is 0.679. The van der Waals surface area contributed by atoms with Gasteiger partial charge in [-0.15, -0.1) is 0 Å². The lowest BCUT2D eigenvalue weighted by molar-refractivity contribution is -0.121. The number of nitrogens with one attached hydrogen (secondary N) is 2. The third-order valence-electron chi connectivity index (χ3n) is 3.26. The van der Waals surface area contributed by atoms with Gasteiger partial charge in [-0.1, -0.05) is 0 Å². The van der Waals surface area contributed by atoms with E-state index in [1.54, 1.807) is 0 Å². The highest BCUT2D eigenvalue weighted by atomic mass is 32.2. The first-order valence-electron chi connectivity index (χ1n) is 6.45. The van der Waals surface area contributed by atoms with E-state index in [0.717, 1.165) is 18.9 Å². The van der Waals surface area contributed by atoms with Gasteiger partial charge in [-0.05, 0) is 25.8 Å². The molecule has 0 bridgehead atoms. The van der Waals surface area contributed by atoms with Crippen molar-refractivity contribution < 1.29 is 23.1 Å². The molecule has 1 atom stereocenters. The number of carboxylic acid groups (broad SMARTS) is 1. The predicted octanol–water partition coefficient (Wildman–Crippen LogP) is -0.0660. The molecule has 0 spiro atoms. The number of likely N-dealkylation sites (N-methyl/N-ethyl adjacent to an activating group) is 1. The van der Waals surface area contributed by atoms with Crippen molar-refractivity contribution in [3.05, 3.63) is 18.0 Å². The van der Waals surface area contributed by atoms with Gasteiger partial charge in [0.1, 0.15) is 10.6 Å². The second-order valence-corrected chi connectivity index (χ2v) is 6.68. The topological polar surface area (TPSA) is 118 Å². The van der Waals surface area contributed by atoms with Gasteiger partial charge >= 0.3 is 5.97 Å². The summed E-state index contributed by atoms with van der Waals surface area (Å²) in [7, 11) is -2.55. The number of carbonyl (C=O) groups excluding carboxylic acids is 1. The van der Waals surface area contributed by atoms with E-state index < -0.39 is 27.9 Å². The molecule has 0 saturated heterocycles. The van der Waals surface area contributed by atoms with E-state index in [0.29, 0.717) is 0 Å². The van der Waals surface area contributed by atoms with Crippen LogP contribution in [0.5, 0.6) is 0 Å². The number of hydrogen-bond donors (Lipinski definition) is 3. The fraction of sp³-hybridized carbons (Fsp3) is 0.500. The van der Waals surface area contributed by atoms with Crippen molar-refractivity contribution in [2.75, 3.05) is 7.05 Å². The Hall–Kier alpha value is -1.87. The Morgan fingerprint density at radius 3 is 2.52 bits per heavy atom.